The zero-order valence-electron chi connectivity index (χ0n) is 13.1. The molecule has 1 aromatic carbocycles. The first-order valence-corrected chi connectivity index (χ1v) is 7.03. The molecule has 1 aromatic rings. The molecule has 1 rings (SSSR count). The van der Waals surface area contributed by atoms with Crippen molar-refractivity contribution in [2.45, 2.75) is 45.1 Å². The van der Waals surface area contributed by atoms with Crippen molar-refractivity contribution < 1.29 is 14.3 Å². The molecule has 0 spiro atoms. The molecule has 0 unspecified atom stereocenters. The number of rotatable bonds is 7. The highest BCUT2D eigenvalue weighted by atomic mass is 16.5. The van der Waals surface area contributed by atoms with E-state index in [1.165, 1.54) is 0 Å². The molecule has 0 bridgehead atoms. The third-order valence-electron chi connectivity index (χ3n) is 3.32. The molecule has 21 heavy (non-hydrogen) atoms. The topological polar surface area (TPSA) is 81.4 Å². The third kappa shape index (κ3) is 5.10. The minimum Gasteiger partial charge on any atom is -0.497 e. The predicted molar refractivity (Wildman–Crippen MR) is 82.1 cm³/mol. The Morgan fingerprint density at radius 3 is 2.29 bits per heavy atom. The number of carbonyl (C=O) groups excluding carboxylic acids is 2. The molecule has 1 atom stereocenters. The standard InChI is InChI=1S/C16H24N2O3/c1-5-13(11-6-8-12(21-4)9-7-11)15(20)18-16(2,3)10-14(17)19/h6-9,13H,5,10H2,1-4H3,(H2,17,19)(H,18,20)/t13-/m1/s1. The Kier molecular flexibility index (Phi) is 5.76. The second-order valence-corrected chi connectivity index (χ2v) is 5.75. The molecule has 0 radical (unpaired) electrons. The summed E-state index contributed by atoms with van der Waals surface area (Å²) in [5, 5.41) is 2.89. The zero-order chi connectivity index (χ0) is 16.0. The Hall–Kier alpha value is -2.04. The van der Waals surface area contributed by atoms with Gasteiger partial charge in [-0.05, 0) is 38.0 Å². The fourth-order valence-electron chi connectivity index (χ4n) is 2.31. The Labute approximate surface area is 125 Å². The third-order valence-corrected chi connectivity index (χ3v) is 3.32. The van der Waals surface area contributed by atoms with Gasteiger partial charge in [0.25, 0.3) is 0 Å². The van der Waals surface area contributed by atoms with E-state index >= 15 is 0 Å². The van der Waals surface area contributed by atoms with Crippen LogP contribution < -0.4 is 15.8 Å². The van der Waals surface area contributed by atoms with Gasteiger partial charge in [0.15, 0.2) is 0 Å². The lowest BCUT2D eigenvalue weighted by atomic mass is 9.93. The van der Waals surface area contributed by atoms with E-state index in [-0.39, 0.29) is 18.2 Å². The Bertz CT molecular complexity index is 495. The molecule has 0 aliphatic heterocycles. The van der Waals surface area contributed by atoms with Crippen LogP contribution in [0.25, 0.3) is 0 Å². The van der Waals surface area contributed by atoms with Crippen molar-refractivity contribution >= 4 is 11.8 Å². The van der Waals surface area contributed by atoms with Crippen molar-refractivity contribution in [1.82, 2.24) is 5.32 Å². The van der Waals surface area contributed by atoms with Crippen LogP contribution in [0.15, 0.2) is 24.3 Å². The van der Waals surface area contributed by atoms with Crippen LogP contribution in [0.4, 0.5) is 0 Å². The number of ether oxygens (including phenoxy) is 1. The average Bonchev–Trinajstić information content (AvgIpc) is 2.38. The summed E-state index contributed by atoms with van der Waals surface area (Å²) in [5.74, 6) is -0.0437. The second-order valence-electron chi connectivity index (χ2n) is 5.75. The molecule has 0 heterocycles. The van der Waals surface area contributed by atoms with Crippen molar-refractivity contribution in [3.8, 4) is 5.75 Å². The van der Waals surface area contributed by atoms with E-state index < -0.39 is 11.4 Å². The first-order valence-electron chi connectivity index (χ1n) is 7.03. The second kappa shape index (κ2) is 7.11. The van der Waals surface area contributed by atoms with Crippen molar-refractivity contribution in [2.24, 2.45) is 5.73 Å². The van der Waals surface area contributed by atoms with Crippen molar-refractivity contribution in [3.63, 3.8) is 0 Å². The number of hydrogen-bond donors (Lipinski definition) is 2. The van der Waals surface area contributed by atoms with Gasteiger partial charge in [-0.1, -0.05) is 19.1 Å². The van der Waals surface area contributed by atoms with Crippen LogP contribution in [-0.2, 0) is 9.59 Å². The van der Waals surface area contributed by atoms with Gasteiger partial charge in [-0.3, -0.25) is 9.59 Å². The monoisotopic (exact) mass is 292 g/mol. The van der Waals surface area contributed by atoms with Gasteiger partial charge in [-0.25, -0.2) is 0 Å². The number of nitrogens with one attached hydrogen (secondary N) is 1. The fraction of sp³-hybridized carbons (Fsp3) is 0.500. The Morgan fingerprint density at radius 2 is 1.86 bits per heavy atom. The number of nitrogens with two attached hydrogens (primary N) is 1. The summed E-state index contributed by atoms with van der Waals surface area (Å²) in [6, 6.07) is 7.43. The van der Waals surface area contributed by atoms with E-state index in [1.54, 1.807) is 21.0 Å². The molecule has 0 aliphatic carbocycles. The quantitative estimate of drug-likeness (QED) is 0.806. The molecular weight excluding hydrogens is 268 g/mol. The van der Waals surface area contributed by atoms with Crippen LogP contribution in [0.5, 0.6) is 5.75 Å². The van der Waals surface area contributed by atoms with Gasteiger partial charge in [0.1, 0.15) is 5.75 Å². The van der Waals surface area contributed by atoms with E-state index in [0.717, 1.165) is 11.3 Å². The van der Waals surface area contributed by atoms with Crippen molar-refractivity contribution in [1.29, 1.82) is 0 Å². The first-order chi connectivity index (χ1) is 9.79. The van der Waals surface area contributed by atoms with Crippen LogP contribution in [0, 0.1) is 0 Å². The number of carbonyl (C=O) groups is 2. The summed E-state index contributed by atoms with van der Waals surface area (Å²) in [6.07, 6.45) is 0.780. The van der Waals surface area contributed by atoms with Crippen LogP contribution in [0.3, 0.4) is 0 Å². The van der Waals surface area contributed by atoms with Crippen LogP contribution in [0.1, 0.15) is 45.1 Å². The maximum atomic E-state index is 12.4. The van der Waals surface area contributed by atoms with Crippen LogP contribution >= 0.6 is 0 Å². The molecular formula is C16H24N2O3. The van der Waals surface area contributed by atoms with Gasteiger partial charge in [-0.2, -0.15) is 0 Å². The predicted octanol–water partition coefficient (Wildman–Crippen LogP) is 1.96. The van der Waals surface area contributed by atoms with E-state index in [2.05, 4.69) is 5.32 Å². The summed E-state index contributed by atoms with van der Waals surface area (Å²) in [5.41, 5.74) is 5.47. The van der Waals surface area contributed by atoms with Gasteiger partial charge < -0.3 is 15.8 Å². The number of amides is 2. The van der Waals surface area contributed by atoms with Crippen LogP contribution in [-0.4, -0.2) is 24.5 Å². The number of benzene rings is 1. The van der Waals surface area contributed by atoms with E-state index in [4.69, 9.17) is 10.5 Å². The molecule has 2 amide bonds. The number of methoxy groups -OCH3 is 1. The average molecular weight is 292 g/mol. The van der Waals surface area contributed by atoms with Crippen molar-refractivity contribution in [3.05, 3.63) is 29.8 Å². The number of primary amides is 1. The molecule has 116 valence electrons. The number of hydrogen-bond acceptors (Lipinski definition) is 3. The SMILES string of the molecule is CC[C@@H](C(=O)NC(C)(C)CC(N)=O)c1ccc(OC)cc1. The maximum absolute atomic E-state index is 12.4. The van der Waals surface area contributed by atoms with E-state index in [0.29, 0.717) is 6.42 Å². The van der Waals surface area contributed by atoms with Gasteiger partial charge in [0.05, 0.1) is 13.0 Å². The van der Waals surface area contributed by atoms with Crippen LogP contribution in [0.2, 0.25) is 0 Å². The lowest BCUT2D eigenvalue weighted by Crippen LogP contribution is -2.47. The highest BCUT2D eigenvalue weighted by Crippen LogP contribution is 2.23. The zero-order valence-corrected chi connectivity index (χ0v) is 13.1. The fourth-order valence-corrected chi connectivity index (χ4v) is 2.31. The summed E-state index contributed by atoms with van der Waals surface area (Å²) in [4.78, 5) is 23.5. The maximum Gasteiger partial charge on any atom is 0.227 e. The van der Waals surface area contributed by atoms with E-state index in [1.807, 2.05) is 31.2 Å². The molecule has 0 aliphatic rings. The molecule has 0 saturated heterocycles. The van der Waals surface area contributed by atoms with Gasteiger partial charge in [0.2, 0.25) is 11.8 Å². The Balaban J connectivity index is 2.83. The summed E-state index contributed by atoms with van der Waals surface area (Å²) < 4.78 is 5.12. The summed E-state index contributed by atoms with van der Waals surface area (Å²) in [7, 11) is 1.60. The largest absolute Gasteiger partial charge is 0.497 e. The lowest BCUT2D eigenvalue weighted by molar-refractivity contribution is -0.125. The molecule has 5 nitrogen and oxygen atoms in total. The minimum absolute atomic E-state index is 0.103. The van der Waals surface area contributed by atoms with Gasteiger partial charge in [0, 0.05) is 12.0 Å². The Morgan fingerprint density at radius 1 is 1.29 bits per heavy atom. The van der Waals surface area contributed by atoms with Gasteiger partial charge in [-0.15, -0.1) is 0 Å². The summed E-state index contributed by atoms with van der Waals surface area (Å²) in [6.45, 7) is 5.53. The highest BCUT2D eigenvalue weighted by Gasteiger charge is 2.27. The van der Waals surface area contributed by atoms with E-state index in [9.17, 15) is 9.59 Å². The highest BCUT2D eigenvalue weighted by molar-refractivity contribution is 5.85. The molecule has 5 heteroatoms. The van der Waals surface area contributed by atoms with Gasteiger partial charge >= 0.3 is 0 Å². The molecule has 0 saturated carbocycles. The molecule has 0 aromatic heterocycles. The normalized spacial score (nSPS) is 12.6. The summed E-state index contributed by atoms with van der Waals surface area (Å²) >= 11 is 0. The molecule has 3 N–H and O–H groups in total. The van der Waals surface area contributed by atoms with Crippen molar-refractivity contribution in [2.75, 3.05) is 7.11 Å². The first kappa shape index (κ1) is 17.0. The minimum atomic E-state index is -0.650. The molecule has 0 fully saturated rings. The smallest absolute Gasteiger partial charge is 0.227 e. The lowest BCUT2D eigenvalue weighted by Gasteiger charge is -2.27.